The van der Waals surface area contributed by atoms with Crippen molar-refractivity contribution in [3.05, 3.63) is 169 Å². The molecule has 0 aromatic heterocycles. The van der Waals surface area contributed by atoms with E-state index in [9.17, 15) is 0 Å². The summed E-state index contributed by atoms with van der Waals surface area (Å²) in [6.45, 7) is 7.88. The first-order chi connectivity index (χ1) is 21.7. The van der Waals surface area contributed by atoms with Crippen LogP contribution < -0.4 is 4.74 Å². The quantitative estimate of drug-likeness (QED) is 0.187. The van der Waals surface area contributed by atoms with E-state index in [0.29, 0.717) is 0 Å². The van der Waals surface area contributed by atoms with E-state index in [1.807, 2.05) is 6.08 Å². The Hall–Kier alpha value is -5.31. The van der Waals surface area contributed by atoms with Gasteiger partial charge in [0, 0.05) is 0 Å². The molecule has 0 saturated heterocycles. The predicted octanol–water partition coefficient (Wildman–Crippen LogP) is 12.2. The number of fused-ring (bicyclic) bond motifs is 7. The topological polar surface area (TPSA) is 9.23 Å². The fraction of sp³-hybridized carbons (Fsp3) is 0. The first-order valence-corrected chi connectivity index (χ1v) is 15.6. The van der Waals surface area contributed by atoms with Gasteiger partial charge < -0.3 is 4.74 Å². The van der Waals surface area contributed by atoms with Gasteiger partial charge in [-0.1, -0.05) is 128 Å². The molecule has 0 spiro atoms. The number of ether oxygens (including phenoxy) is 1. The zero-order valence-electron chi connectivity index (χ0n) is 24.1. The summed E-state index contributed by atoms with van der Waals surface area (Å²) in [4.78, 5) is 2.05. The molecule has 1 aliphatic rings. The number of benzene rings is 7. The third-order valence-corrected chi connectivity index (χ3v) is 9.59. The molecule has 208 valence electrons. The van der Waals surface area contributed by atoms with Gasteiger partial charge in [0.25, 0.3) is 0 Å². The fourth-order valence-corrected chi connectivity index (χ4v) is 7.20. The lowest BCUT2D eigenvalue weighted by Crippen LogP contribution is -2.01. The molecule has 44 heavy (non-hydrogen) atoms. The molecular weight excluding hydrogens is 553 g/mol. The molecule has 0 fully saturated rings. The summed E-state index contributed by atoms with van der Waals surface area (Å²) in [6.07, 6.45) is 3.57. The van der Waals surface area contributed by atoms with Crippen LogP contribution in [0.2, 0.25) is 0 Å². The Labute approximate surface area is 261 Å². The van der Waals surface area contributed by atoms with Crippen molar-refractivity contribution in [2.45, 2.75) is 4.90 Å². The normalized spacial score (nSPS) is 12.7. The summed E-state index contributed by atoms with van der Waals surface area (Å²) in [5.74, 6) is 1.58. The molecule has 0 bridgehead atoms. The minimum Gasteiger partial charge on any atom is -0.455 e. The molecule has 0 atom stereocenters. The SMILES string of the molecule is C=CC1=C(C=C)Sc2ccc(-c3cc(-c4ccccc4)cc(-c4ccc5c6ccccc6c6ccccc6c5c4)c3)cc2O1. The van der Waals surface area contributed by atoms with Crippen LogP contribution in [0.3, 0.4) is 0 Å². The van der Waals surface area contributed by atoms with Crippen LogP contribution in [0.15, 0.2) is 174 Å². The second-order valence-electron chi connectivity index (χ2n) is 11.0. The minimum absolute atomic E-state index is 0.740. The van der Waals surface area contributed by atoms with Crippen LogP contribution >= 0.6 is 11.8 Å². The van der Waals surface area contributed by atoms with Gasteiger partial charge in [-0.25, -0.2) is 0 Å². The van der Waals surface area contributed by atoms with E-state index in [-0.39, 0.29) is 0 Å². The average molecular weight is 581 g/mol. The smallest absolute Gasteiger partial charge is 0.142 e. The van der Waals surface area contributed by atoms with Crippen molar-refractivity contribution < 1.29 is 4.74 Å². The number of thioether (sulfide) groups is 1. The van der Waals surface area contributed by atoms with Crippen LogP contribution in [-0.4, -0.2) is 0 Å². The Bertz CT molecular complexity index is 2270. The molecule has 0 amide bonds. The van der Waals surface area contributed by atoms with E-state index in [2.05, 4.69) is 147 Å². The highest BCUT2D eigenvalue weighted by Crippen LogP contribution is 2.45. The summed E-state index contributed by atoms with van der Waals surface area (Å²) in [5, 5.41) is 7.68. The maximum Gasteiger partial charge on any atom is 0.142 e. The minimum atomic E-state index is 0.740. The van der Waals surface area contributed by atoms with E-state index in [4.69, 9.17) is 4.74 Å². The lowest BCUT2D eigenvalue weighted by molar-refractivity contribution is 0.430. The summed E-state index contributed by atoms with van der Waals surface area (Å²) in [7, 11) is 0. The van der Waals surface area contributed by atoms with E-state index in [1.165, 1.54) is 54.6 Å². The van der Waals surface area contributed by atoms with Crippen molar-refractivity contribution in [1.29, 1.82) is 0 Å². The van der Waals surface area contributed by atoms with E-state index in [0.717, 1.165) is 32.4 Å². The van der Waals surface area contributed by atoms with Gasteiger partial charge in [-0.3, -0.25) is 0 Å². The summed E-state index contributed by atoms with van der Waals surface area (Å²) in [5.41, 5.74) is 6.97. The highest BCUT2D eigenvalue weighted by atomic mass is 32.2. The zero-order chi connectivity index (χ0) is 29.6. The number of allylic oxidation sites excluding steroid dienone is 2. The molecule has 7 aromatic rings. The highest BCUT2D eigenvalue weighted by Gasteiger charge is 2.19. The van der Waals surface area contributed by atoms with Gasteiger partial charge in [0.15, 0.2) is 0 Å². The second kappa shape index (κ2) is 10.8. The molecular formula is C42H28OS. The van der Waals surface area contributed by atoms with Crippen molar-refractivity contribution in [3.63, 3.8) is 0 Å². The molecule has 1 heterocycles. The molecule has 1 nitrogen and oxygen atoms in total. The fourth-order valence-electron chi connectivity index (χ4n) is 6.32. The van der Waals surface area contributed by atoms with Crippen LogP contribution in [0.5, 0.6) is 5.75 Å². The van der Waals surface area contributed by atoms with Gasteiger partial charge in [0.2, 0.25) is 0 Å². The molecule has 8 rings (SSSR count). The van der Waals surface area contributed by atoms with Gasteiger partial charge in [-0.2, -0.15) is 0 Å². The molecule has 0 N–H and O–H groups in total. The molecule has 7 aromatic carbocycles. The monoisotopic (exact) mass is 580 g/mol. The van der Waals surface area contributed by atoms with Crippen LogP contribution in [0.25, 0.3) is 65.7 Å². The Morgan fingerprint density at radius 3 is 1.57 bits per heavy atom. The summed E-state index contributed by atoms with van der Waals surface area (Å²) < 4.78 is 6.27. The first kappa shape index (κ1) is 26.3. The van der Waals surface area contributed by atoms with Gasteiger partial charge in [0.1, 0.15) is 11.5 Å². The lowest BCUT2D eigenvalue weighted by atomic mass is 9.90. The van der Waals surface area contributed by atoms with Gasteiger partial charge in [-0.15, -0.1) is 0 Å². The van der Waals surface area contributed by atoms with E-state index >= 15 is 0 Å². The maximum atomic E-state index is 6.27. The number of hydrogen-bond donors (Lipinski definition) is 0. The largest absolute Gasteiger partial charge is 0.455 e. The zero-order valence-corrected chi connectivity index (χ0v) is 24.9. The molecule has 1 aliphatic heterocycles. The number of rotatable bonds is 5. The predicted molar refractivity (Wildman–Crippen MR) is 189 cm³/mol. The van der Waals surface area contributed by atoms with Gasteiger partial charge in [-0.05, 0) is 108 Å². The van der Waals surface area contributed by atoms with Crippen LogP contribution in [0.1, 0.15) is 0 Å². The summed E-state index contributed by atoms with van der Waals surface area (Å²) in [6, 6.07) is 48.3. The Kier molecular flexibility index (Phi) is 6.43. The van der Waals surface area contributed by atoms with E-state index < -0.39 is 0 Å². The van der Waals surface area contributed by atoms with Crippen molar-refractivity contribution in [2.75, 3.05) is 0 Å². The van der Waals surface area contributed by atoms with Crippen LogP contribution in [0, 0.1) is 0 Å². The van der Waals surface area contributed by atoms with Crippen molar-refractivity contribution >= 4 is 44.1 Å². The van der Waals surface area contributed by atoms with Gasteiger partial charge in [0.05, 0.1) is 9.80 Å². The molecule has 0 radical (unpaired) electrons. The maximum absolute atomic E-state index is 6.27. The van der Waals surface area contributed by atoms with Gasteiger partial charge >= 0.3 is 0 Å². The van der Waals surface area contributed by atoms with Crippen molar-refractivity contribution in [3.8, 4) is 39.1 Å². The Balaban J connectivity index is 1.32. The Morgan fingerprint density at radius 2 is 0.955 bits per heavy atom. The molecule has 0 saturated carbocycles. The molecule has 2 heteroatoms. The molecule has 0 unspecified atom stereocenters. The van der Waals surface area contributed by atoms with Crippen LogP contribution in [0.4, 0.5) is 0 Å². The second-order valence-corrected chi connectivity index (χ2v) is 12.1. The first-order valence-electron chi connectivity index (χ1n) is 14.7. The van der Waals surface area contributed by atoms with Crippen LogP contribution in [-0.2, 0) is 0 Å². The average Bonchev–Trinajstić information content (AvgIpc) is 3.10. The number of hydrogen-bond acceptors (Lipinski definition) is 2. The standard InChI is InChI=1S/C42H28OS/c1-3-39-41(4-2)44-42-21-19-29(26-40(42)43-39)32-23-30(27-12-6-5-7-13-27)22-31(24-32)28-18-20-37-35-16-9-8-14-33(35)34-15-10-11-17-36(34)38(37)25-28/h3-26H,1-2H2. The van der Waals surface area contributed by atoms with E-state index in [1.54, 1.807) is 17.8 Å². The third kappa shape index (κ3) is 4.43. The van der Waals surface area contributed by atoms with Crippen molar-refractivity contribution in [2.24, 2.45) is 0 Å². The Morgan fingerprint density at radius 1 is 0.432 bits per heavy atom. The summed E-state index contributed by atoms with van der Waals surface area (Å²) >= 11 is 1.66. The van der Waals surface area contributed by atoms with Crippen molar-refractivity contribution in [1.82, 2.24) is 0 Å². The highest BCUT2D eigenvalue weighted by molar-refractivity contribution is 8.03. The molecule has 0 aliphatic carbocycles. The lowest BCUT2D eigenvalue weighted by Gasteiger charge is -2.20. The third-order valence-electron chi connectivity index (χ3n) is 8.45.